The molecule has 8 nitrogen and oxygen atoms in total. The number of carbonyl (C=O) groups is 2. The van der Waals surface area contributed by atoms with Gasteiger partial charge in [0.25, 0.3) is 0 Å². The molecule has 0 aliphatic rings. The summed E-state index contributed by atoms with van der Waals surface area (Å²) in [6.07, 6.45) is 3.09. The lowest BCUT2D eigenvalue weighted by molar-refractivity contribution is 0.0528. The standard InChI is InChI=1S/C18H18N4O4/c1-3-26-17(23)15-11-19-22-8-7-13(10-16(15)22)21-18(24)20-12-5-4-6-14(9-12)25-2/h4-11H,3H2,1-2H3,(H2,20,21,24). The summed E-state index contributed by atoms with van der Waals surface area (Å²) in [4.78, 5) is 24.2. The number of esters is 1. The molecule has 2 amide bonds. The molecule has 0 bridgehead atoms. The van der Waals surface area contributed by atoms with Crippen LogP contribution >= 0.6 is 0 Å². The van der Waals surface area contributed by atoms with E-state index in [1.807, 2.05) is 0 Å². The van der Waals surface area contributed by atoms with Crippen LogP contribution in [0.1, 0.15) is 17.3 Å². The minimum Gasteiger partial charge on any atom is -0.497 e. The molecule has 3 rings (SSSR count). The number of nitrogens with one attached hydrogen (secondary N) is 2. The number of hydrogen-bond acceptors (Lipinski definition) is 5. The highest BCUT2D eigenvalue weighted by Gasteiger charge is 2.14. The summed E-state index contributed by atoms with van der Waals surface area (Å²) in [5, 5.41) is 9.55. The molecule has 1 aromatic carbocycles. The van der Waals surface area contributed by atoms with Crippen molar-refractivity contribution < 1.29 is 19.1 Å². The Balaban J connectivity index is 1.76. The van der Waals surface area contributed by atoms with Gasteiger partial charge in [-0.15, -0.1) is 0 Å². The number of nitrogens with zero attached hydrogens (tertiary/aromatic N) is 2. The maximum atomic E-state index is 12.2. The van der Waals surface area contributed by atoms with Crippen LogP contribution in [0.2, 0.25) is 0 Å². The molecule has 0 fully saturated rings. The van der Waals surface area contributed by atoms with Gasteiger partial charge in [0.15, 0.2) is 0 Å². The lowest BCUT2D eigenvalue weighted by Gasteiger charge is -2.09. The Morgan fingerprint density at radius 2 is 1.92 bits per heavy atom. The molecule has 0 aliphatic carbocycles. The Labute approximate surface area is 149 Å². The van der Waals surface area contributed by atoms with E-state index in [0.29, 0.717) is 28.2 Å². The Morgan fingerprint density at radius 1 is 1.15 bits per heavy atom. The Morgan fingerprint density at radius 3 is 2.65 bits per heavy atom. The number of urea groups is 1. The number of amides is 2. The van der Waals surface area contributed by atoms with Gasteiger partial charge < -0.3 is 20.1 Å². The van der Waals surface area contributed by atoms with Crippen LogP contribution in [0.4, 0.5) is 16.2 Å². The second-order valence-electron chi connectivity index (χ2n) is 5.34. The molecule has 0 aliphatic heterocycles. The van der Waals surface area contributed by atoms with Gasteiger partial charge in [0, 0.05) is 23.6 Å². The molecule has 8 heteroatoms. The highest BCUT2D eigenvalue weighted by molar-refractivity contribution is 6.01. The van der Waals surface area contributed by atoms with Gasteiger partial charge in [-0.2, -0.15) is 5.10 Å². The molecule has 0 saturated carbocycles. The zero-order chi connectivity index (χ0) is 18.5. The maximum Gasteiger partial charge on any atom is 0.341 e. The molecule has 0 radical (unpaired) electrons. The molecule has 3 aromatic rings. The van der Waals surface area contributed by atoms with Crippen molar-refractivity contribution in [2.45, 2.75) is 6.92 Å². The van der Waals surface area contributed by atoms with Crippen LogP contribution in [0.5, 0.6) is 5.75 Å². The van der Waals surface area contributed by atoms with Crippen molar-refractivity contribution in [2.75, 3.05) is 24.4 Å². The van der Waals surface area contributed by atoms with Gasteiger partial charge in [-0.05, 0) is 31.2 Å². The predicted molar refractivity (Wildman–Crippen MR) is 96.8 cm³/mol. The molecule has 2 aromatic heterocycles. The highest BCUT2D eigenvalue weighted by atomic mass is 16.5. The molecule has 0 saturated heterocycles. The number of aromatic nitrogens is 2. The van der Waals surface area contributed by atoms with E-state index in [-0.39, 0.29) is 6.61 Å². The number of anilines is 2. The lowest BCUT2D eigenvalue weighted by Crippen LogP contribution is -2.19. The average Bonchev–Trinajstić information content (AvgIpc) is 3.05. The minimum absolute atomic E-state index is 0.275. The molecule has 0 unspecified atom stereocenters. The summed E-state index contributed by atoms with van der Waals surface area (Å²) in [6, 6.07) is 9.94. The van der Waals surface area contributed by atoms with Crippen molar-refractivity contribution in [3.05, 3.63) is 54.4 Å². The van der Waals surface area contributed by atoms with Crippen LogP contribution in [0.3, 0.4) is 0 Å². The molecule has 0 spiro atoms. The topological polar surface area (TPSA) is 94.0 Å². The van der Waals surface area contributed by atoms with Crippen molar-refractivity contribution in [3.63, 3.8) is 0 Å². The number of ether oxygens (including phenoxy) is 2. The summed E-state index contributed by atoms with van der Waals surface area (Å²) in [7, 11) is 1.56. The van der Waals surface area contributed by atoms with E-state index < -0.39 is 12.0 Å². The number of pyridine rings is 1. The molecule has 26 heavy (non-hydrogen) atoms. The first-order valence-corrected chi connectivity index (χ1v) is 7.97. The summed E-state index contributed by atoms with van der Waals surface area (Å²) < 4.78 is 11.7. The first-order chi connectivity index (χ1) is 12.6. The van der Waals surface area contributed by atoms with Gasteiger partial charge >= 0.3 is 12.0 Å². The van der Waals surface area contributed by atoms with Crippen LogP contribution < -0.4 is 15.4 Å². The van der Waals surface area contributed by atoms with Gasteiger partial charge in [-0.3, -0.25) is 0 Å². The minimum atomic E-state index is -0.458. The summed E-state index contributed by atoms with van der Waals surface area (Å²) >= 11 is 0. The molecule has 134 valence electrons. The quantitative estimate of drug-likeness (QED) is 0.687. The normalized spacial score (nSPS) is 10.4. The van der Waals surface area contributed by atoms with E-state index in [2.05, 4.69) is 15.7 Å². The van der Waals surface area contributed by atoms with E-state index in [1.54, 1.807) is 56.6 Å². The molecule has 2 heterocycles. The molecule has 2 N–H and O–H groups in total. The highest BCUT2D eigenvalue weighted by Crippen LogP contribution is 2.19. The predicted octanol–water partition coefficient (Wildman–Crippen LogP) is 3.16. The van der Waals surface area contributed by atoms with E-state index in [4.69, 9.17) is 9.47 Å². The number of benzene rings is 1. The van der Waals surface area contributed by atoms with Crippen molar-refractivity contribution >= 4 is 28.9 Å². The Hall–Kier alpha value is -3.55. The zero-order valence-corrected chi connectivity index (χ0v) is 14.4. The third-order valence-corrected chi connectivity index (χ3v) is 3.60. The van der Waals surface area contributed by atoms with Crippen molar-refractivity contribution in [2.24, 2.45) is 0 Å². The number of hydrogen-bond donors (Lipinski definition) is 2. The van der Waals surface area contributed by atoms with E-state index in [9.17, 15) is 9.59 Å². The molecular formula is C18H18N4O4. The summed E-state index contributed by atoms with van der Waals surface area (Å²) in [6.45, 7) is 2.01. The summed E-state index contributed by atoms with van der Waals surface area (Å²) in [5.74, 6) is 0.183. The van der Waals surface area contributed by atoms with Crippen molar-refractivity contribution in [1.29, 1.82) is 0 Å². The van der Waals surface area contributed by atoms with E-state index in [0.717, 1.165) is 0 Å². The Kier molecular flexibility index (Phi) is 5.02. The van der Waals surface area contributed by atoms with Gasteiger partial charge in [-0.1, -0.05) is 6.07 Å². The largest absolute Gasteiger partial charge is 0.497 e. The van der Waals surface area contributed by atoms with Gasteiger partial charge in [-0.25, -0.2) is 14.1 Å². The van der Waals surface area contributed by atoms with E-state index in [1.165, 1.54) is 10.7 Å². The average molecular weight is 354 g/mol. The molecular weight excluding hydrogens is 336 g/mol. The smallest absolute Gasteiger partial charge is 0.341 e. The lowest BCUT2D eigenvalue weighted by atomic mass is 10.2. The number of rotatable bonds is 5. The second-order valence-corrected chi connectivity index (χ2v) is 5.34. The number of methoxy groups -OCH3 is 1. The van der Waals surface area contributed by atoms with Gasteiger partial charge in [0.1, 0.15) is 11.3 Å². The van der Waals surface area contributed by atoms with Crippen molar-refractivity contribution in [3.8, 4) is 5.75 Å². The SMILES string of the molecule is CCOC(=O)c1cnn2ccc(NC(=O)Nc3cccc(OC)c3)cc12. The van der Waals surface area contributed by atoms with Crippen LogP contribution in [-0.4, -0.2) is 35.3 Å². The fourth-order valence-corrected chi connectivity index (χ4v) is 2.42. The monoisotopic (exact) mass is 354 g/mol. The number of fused-ring (bicyclic) bond motifs is 1. The first kappa shape index (κ1) is 17.3. The Bertz CT molecular complexity index is 951. The third-order valence-electron chi connectivity index (χ3n) is 3.60. The number of carbonyl (C=O) groups excluding carboxylic acids is 2. The van der Waals surface area contributed by atoms with Gasteiger partial charge in [0.05, 0.1) is 25.4 Å². The zero-order valence-electron chi connectivity index (χ0n) is 14.4. The van der Waals surface area contributed by atoms with Gasteiger partial charge in [0.2, 0.25) is 0 Å². The van der Waals surface area contributed by atoms with Crippen LogP contribution in [0.25, 0.3) is 5.52 Å². The van der Waals surface area contributed by atoms with Crippen LogP contribution in [0.15, 0.2) is 48.8 Å². The van der Waals surface area contributed by atoms with Crippen LogP contribution in [0, 0.1) is 0 Å². The van der Waals surface area contributed by atoms with Crippen LogP contribution in [-0.2, 0) is 4.74 Å². The first-order valence-electron chi connectivity index (χ1n) is 7.97. The fraction of sp³-hybridized carbons (Fsp3) is 0.167. The van der Waals surface area contributed by atoms with Crippen molar-refractivity contribution in [1.82, 2.24) is 9.61 Å². The molecule has 0 atom stereocenters. The second kappa shape index (κ2) is 7.56. The maximum absolute atomic E-state index is 12.2. The van der Waals surface area contributed by atoms with E-state index >= 15 is 0 Å². The third kappa shape index (κ3) is 3.75. The fourth-order valence-electron chi connectivity index (χ4n) is 2.42. The summed E-state index contributed by atoms with van der Waals surface area (Å²) in [5.41, 5.74) is 2.00.